The maximum absolute atomic E-state index is 16.5. The average molecular weight is 591 g/mol. The topological polar surface area (TPSA) is 106 Å². The van der Waals surface area contributed by atoms with Crippen LogP contribution in [-0.4, -0.2) is 63.9 Å². The van der Waals surface area contributed by atoms with Crippen molar-refractivity contribution in [1.29, 1.82) is 0 Å². The van der Waals surface area contributed by atoms with Gasteiger partial charge >= 0.3 is 6.01 Å². The summed E-state index contributed by atoms with van der Waals surface area (Å²) in [4.78, 5) is 15.3. The fourth-order valence-corrected chi connectivity index (χ4v) is 8.66. The number of nitrogens with zero attached hydrogens (tertiary/aromatic N) is 4. The molecule has 2 aliphatic heterocycles. The zero-order chi connectivity index (χ0) is 29.2. The van der Waals surface area contributed by atoms with Crippen LogP contribution in [0.2, 0.25) is 0 Å². The van der Waals surface area contributed by atoms with Gasteiger partial charge in [0.05, 0.1) is 21.7 Å². The molecule has 0 unspecified atom stereocenters. The van der Waals surface area contributed by atoms with Crippen LogP contribution in [0.4, 0.5) is 8.78 Å². The van der Waals surface area contributed by atoms with Crippen molar-refractivity contribution in [2.75, 3.05) is 19.7 Å². The highest BCUT2D eigenvalue weighted by atomic mass is 32.2. The van der Waals surface area contributed by atoms with Gasteiger partial charge in [-0.25, -0.2) is 17.2 Å². The molecule has 0 atom stereocenters. The normalized spacial score (nSPS) is 18.7. The molecule has 42 heavy (non-hydrogen) atoms. The number of phenolic OH excluding ortho intramolecular Hbond substituents is 1. The molecule has 2 aromatic carbocycles. The van der Waals surface area contributed by atoms with Crippen LogP contribution in [0.15, 0.2) is 35.5 Å². The molecular formula is C31H28F2N4O4S. The molecule has 0 amide bonds. The summed E-state index contributed by atoms with van der Waals surface area (Å²) in [5.74, 6) is 0.473. The molecule has 0 radical (unpaired) electrons. The molecule has 2 aromatic heterocycles. The summed E-state index contributed by atoms with van der Waals surface area (Å²) in [5, 5.41) is 10.00. The Bertz CT molecular complexity index is 1910. The summed E-state index contributed by atoms with van der Waals surface area (Å²) in [7, 11) is -3.92. The number of aromatic hydroxyl groups is 1. The zero-order valence-corrected chi connectivity index (χ0v) is 23.6. The standard InChI is InChI=1S/C31H28F2N4O4S/c1-2-21-24(32)9-8-18-14-19(38)15-22(25(18)21)27-26(33)28-23(16-34-27)29(42(39,40)20-6-3-7-20)36-30(35-28)41-17-31-10-4-12-37(31)13-5-11-31/h1,8-9,14-16,20,38H,3-7,10-13,17H2. The number of hydrogen-bond acceptors (Lipinski definition) is 8. The molecule has 8 nitrogen and oxygen atoms in total. The summed E-state index contributed by atoms with van der Waals surface area (Å²) in [6.45, 7) is 2.22. The Morgan fingerprint density at radius 1 is 1.12 bits per heavy atom. The summed E-state index contributed by atoms with van der Waals surface area (Å²) in [6.07, 6.45) is 12.6. The minimum absolute atomic E-state index is 0.0489. The lowest BCUT2D eigenvalue weighted by Gasteiger charge is -2.31. The van der Waals surface area contributed by atoms with Crippen molar-refractivity contribution in [3.05, 3.63) is 47.7 Å². The number of benzene rings is 2. The van der Waals surface area contributed by atoms with E-state index < -0.39 is 26.7 Å². The first-order valence-corrected chi connectivity index (χ1v) is 15.7. The van der Waals surface area contributed by atoms with Crippen molar-refractivity contribution >= 4 is 31.5 Å². The monoisotopic (exact) mass is 590 g/mol. The minimum Gasteiger partial charge on any atom is -0.508 e. The van der Waals surface area contributed by atoms with Gasteiger partial charge in [0.1, 0.15) is 29.4 Å². The van der Waals surface area contributed by atoms with Gasteiger partial charge < -0.3 is 9.84 Å². The van der Waals surface area contributed by atoms with E-state index in [1.165, 1.54) is 30.5 Å². The smallest absolute Gasteiger partial charge is 0.318 e. The molecule has 216 valence electrons. The largest absolute Gasteiger partial charge is 0.508 e. The van der Waals surface area contributed by atoms with E-state index in [1.807, 2.05) is 0 Å². The maximum atomic E-state index is 16.5. The molecule has 4 heterocycles. The highest BCUT2D eigenvalue weighted by Gasteiger charge is 2.45. The number of aromatic nitrogens is 3. The van der Waals surface area contributed by atoms with Crippen LogP contribution in [0, 0.1) is 24.0 Å². The van der Waals surface area contributed by atoms with E-state index in [9.17, 15) is 17.9 Å². The Labute approximate surface area is 241 Å². The number of phenols is 1. The third-order valence-electron chi connectivity index (χ3n) is 9.12. The van der Waals surface area contributed by atoms with Crippen LogP contribution in [0.3, 0.4) is 0 Å². The highest BCUT2D eigenvalue weighted by molar-refractivity contribution is 7.92. The molecule has 3 fully saturated rings. The molecule has 1 N–H and O–H groups in total. The molecule has 1 aliphatic carbocycles. The van der Waals surface area contributed by atoms with Gasteiger partial charge in [-0.05, 0) is 75.2 Å². The number of halogens is 2. The first-order chi connectivity index (χ1) is 20.2. The van der Waals surface area contributed by atoms with Gasteiger partial charge in [0.2, 0.25) is 0 Å². The second-order valence-electron chi connectivity index (χ2n) is 11.5. The molecule has 2 saturated heterocycles. The van der Waals surface area contributed by atoms with E-state index in [1.54, 1.807) is 0 Å². The number of hydrogen-bond donors (Lipinski definition) is 1. The Morgan fingerprint density at radius 2 is 1.88 bits per heavy atom. The van der Waals surface area contributed by atoms with Crippen molar-refractivity contribution in [3.63, 3.8) is 0 Å². The molecule has 0 bridgehead atoms. The molecular weight excluding hydrogens is 562 g/mol. The zero-order valence-electron chi connectivity index (χ0n) is 22.7. The van der Waals surface area contributed by atoms with Crippen molar-refractivity contribution in [2.24, 2.45) is 0 Å². The second-order valence-corrected chi connectivity index (χ2v) is 13.6. The van der Waals surface area contributed by atoms with Gasteiger partial charge in [0.25, 0.3) is 0 Å². The van der Waals surface area contributed by atoms with E-state index in [-0.39, 0.29) is 62.0 Å². The lowest BCUT2D eigenvalue weighted by atomic mass is 9.95. The Balaban J connectivity index is 1.42. The van der Waals surface area contributed by atoms with Crippen LogP contribution in [-0.2, 0) is 9.84 Å². The van der Waals surface area contributed by atoms with Gasteiger partial charge in [-0.1, -0.05) is 18.4 Å². The average Bonchev–Trinajstić information content (AvgIpc) is 3.51. The van der Waals surface area contributed by atoms with Crippen LogP contribution < -0.4 is 4.74 Å². The summed E-state index contributed by atoms with van der Waals surface area (Å²) >= 11 is 0. The first kappa shape index (κ1) is 27.0. The van der Waals surface area contributed by atoms with E-state index in [2.05, 4.69) is 25.8 Å². The molecule has 11 heteroatoms. The van der Waals surface area contributed by atoms with Crippen molar-refractivity contribution in [3.8, 4) is 35.4 Å². The van der Waals surface area contributed by atoms with Crippen molar-refractivity contribution in [1.82, 2.24) is 19.9 Å². The first-order valence-electron chi connectivity index (χ1n) is 14.1. The minimum atomic E-state index is -3.92. The van der Waals surface area contributed by atoms with E-state index >= 15 is 4.39 Å². The third kappa shape index (κ3) is 4.11. The summed E-state index contributed by atoms with van der Waals surface area (Å²) in [6, 6.07) is 5.03. The molecule has 7 rings (SSSR count). The number of pyridine rings is 1. The van der Waals surface area contributed by atoms with Crippen LogP contribution in [0.25, 0.3) is 32.9 Å². The predicted molar refractivity (Wildman–Crippen MR) is 153 cm³/mol. The number of terminal acetylenes is 1. The van der Waals surface area contributed by atoms with Crippen LogP contribution in [0.1, 0.15) is 50.5 Å². The van der Waals surface area contributed by atoms with Crippen LogP contribution >= 0.6 is 0 Å². The SMILES string of the molecule is C#Cc1c(F)ccc2cc(O)cc(-c3ncc4c(S(=O)(=O)C5CCC5)nc(OCC56CCCN5CCC6)nc4c3F)c12. The lowest BCUT2D eigenvalue weighted by molar-refractivity contribution is 0.107. The molecule has 0 spiro atoms. The third-order valence-corrected chi connectivity index (χ3v) is 11.3. The highest BCUT2D eigenvalue weighted by Crippen LogP contribution is 2.41. The summed E-state index contributed by atoms with van der Waals surface area (Å²) in [5.41, 5.74) is -0.777. The van der Waals surface area contributed by atoms with Crippen molar-refractivity contribution < 1.29 is 27.0 Å². The van der Waals surface area contributed by atoms with Gasteiger partial charge in [-0.2, -0.15) is 9.97 Å². The van der Waals surface area contributed by atoms with E-state index in [4.69, 9.17) is 11.2 Å². The quantitative estimate of drug-likeness (QED) is 0.243. The predicted octanol–water partition coefficient (Wildman–Crippen LogP) is 5.14. The van der Waals surface area contributed by atoms with Crippen molar-refractivity contribution in [2.45, 2.75) is 60.8 Å². The number of rotatable bonds is 6. The number of ether oxygens (including phenoxy) is 1. The Morgan fingerprint density at radius 3 is 2.57 bits per heavy atom. The number of fused-ring (bicyclic) bond motifs is 3. The summed E-state index contributed by atoms with van der Waals surface area (Å²) < 4.78 is 64.5. The Kier molecular flexibility index (Phi) is 6.33. The second kappa shape index (κ2) is 9.85. The number of sulfone groups is 1. The van der Waals surface area contributed by atoms with Crippen LogP contribution in [0.5, 0.6) is 11.8 Å². The molecule has 4 aromatic rings. The molecule has 1 saturated carbocycles. The van der Waals surface area contributed by atoms with Gasteiger partial charge in [0, 0.05) is 17.1 Å². The van der Waals surface area contributed by atoms with E-state index in [0.29, 0.717) is 18.2 Å². The fourth-order valence-electron chi connectivity index (χ4n) is 6.73. The Hall–Kier alpha value is -3.88. The van der Waals surface area contributed by atoms with E-state index in [0.717, 1.165) is 45.2 Å². The maximum Gasteiger partial charge on any atom is 0.318 e. The van der Waals surface area contributed by atoms with Gasteiger partial charge in [-0.15, -0.1) is 6.42 Å². The van der Waals surface area contributed by atoms with Gasteiger partial charge in [0.15, 0.2) is 20.7 Å². The lowest BCUT2D eigenvalue weighted by Crippen LogP contribution is -2.43. The molecule has 3 aliphatic rings. The van der Waals surface area contributed by atoms with Gasteiger partial charge in [-0.3, -0.25) is 9.88 Å². The fraction of sp³-hybridized carbons (Fsp3) is 0.387.